The number of piperidine rings is 2. The first-order chi connectivity index (χ1) is 34.5. The third-order valence-corrected chi connectivity index (χ3v) is 20.3. The molecule has 6 unspecified atom stereocenters. The van der Waals surface area contributed by atoms with E-state index in [1.165, 1.54) is 66.6 Å². The van der Waals surface area contributed by atoms with Crippen molar-refractivity contribution in [3.05, 3.63) is 118 Å². The number of nitrogens with zero attached hydrogens (tertiary/aromatic N) is 2. The Labute approximate surface area is 466 Å². The number of phenolic OH excluding ortho intramolecular Hbond substituents is 1. The van der Waals surface area contributed by atoms with E-state index in [1.54, 1.807) is 13.2 Å². The van der Waals surface area contributed by atoms with Gasteiger partial charge in [0.2, 0.25) is 0 Å². The molecule has 4 heterocycles. The van der Waals surface area contributed by atoms with E-state index in [-0.39, 0.29) is 70.9 Å². The van der Waals surface area contributed by atoms with E-state index in [1.807, 2.05) is 6.07 Å². The number of ketones is 2. The number of methoxy groups -OCH3 is 1. The summed E-state index contributed by atoms with van der Waals surface area (Å²) in [5.74, 6) is 4.35. The third-order valence-electron chi connectivity index (χ3n) is 20.3. The van der Waals surface area contributed by atoms with Crippen LogP contribution in [0.2, 0.25) is 0 Å². The van der Waals surface area contributed by atoms with Crippen LogP contribution in [-0.2, 0) is 55.6 Å². The number of rotatable bonds is 15. The average molecular weight is 1220 g/mol. The normalized spacial score (nSPS) is 35.2. The molecule has 4 aliphatic heterocycles. The van der Waals surface area contributed by atoms with Crippen molar-refractivity contribution in [3.63, 3.8) is 0 Å². The van der Waals surface area contributed by atoms with E-state index >= 15 is 0 Å². The molecule has 2 spiro atoms. The quantitative estimate of drug-likeness (QED) is 0.110. The van der Waals surface area contributed by atoms with Gasteiger partial charge < -0.3 is 85.7 Å². The molecule has 10 nitrogen and oxygen atoms in total. The number of hydrogen-bond donors (Lipinski definition) is 1. The van der Waals surface area contributed by atoms with Gasteiger partial charge in [-0.15, -0.1) is 0 Å². The van der Waals surface area contributed by atoms with Gasteiger partial charge in [-0.2, -0.15) is 0 Å². The smallest absolute Gasteiger partial charge is 0.174 e. The maximum Gasteiger partial charge on any atom is 0.174 e. The number of aryl methyl sites for hydroxylation is 2. The summed E-state index contributed by atoms with van der Waals surface area (Å²) < 4.78 is 35.3. The Balaban J connectivity index is 0.000000153. The number of ether oxygens (including phenoxy) is 5. The van der Waals surface area contributed by atoms with Crippen LogP contribution < -0.4 is 62.2 Å². The van der Waals surface area contributed by atoms with Crippen LogP contribution in [0, 0.1) is 11.8 Å². The first-order valence-corrected chi connectivity index (χ1v) is 27.5. The standard InChI is InChI=1S/C31H38NO4.C30H35NO4.2HI/c1-32(20-22-10-11-22)17-16-30-27-23-12-13-25(34-2)28(27)36-29(30)24(33)14-15-31(30,26(32)19-23)35-18-6-9-21-7-4-3-5-8-21;1-31(19-21-9-10-21)16-15-29-26-22-11-12-23(32)27(26)35-28(29)24(33)13-14-30(29,25(31)18-22)34-17-5-8-20-6-3-2-4-7-20;;/h3-5,7-8,12-13,22,26,29H,6,9-11,14-20H2,1-2H3;2-4,6-7,11-12,21,25,28H,5,8-10,13-19H2,1H3;2*1H/q+1;;;/p-1/t26?,29?,30-,31?,32+;25?,28?,29-,30?,31+;;/m00../s1. The van der Waals surface area contributed by atoms with Gasteiger partial charge in [-0.05, 0) is 98.6 Å². The van der Waals surface area contributed by atoms with Gasteiger partial charge in [0.15, 0.2) is 46.8 Å². The van der Waals surface area contributed by atoms with Gasteiger partial charge in [-0.1, -0.05) is 72.8 Å². The first-order valence-electron chi connectivity index (χ1n) is 27.5. The zero-order valence-electron chi connectivity index (χ0n) is 43.1. The number of carbonyl (C=O) groups is 2. The zero-order valence-corrected chi connectivity index (χ0v) is 47.4. The lowest BCUT2D eigenvalue weighted by atomic mass is 9.48. The van der Waals surface area contributed by atoms with Crippen LogP contribution in [0.1, 0.15) is 110 Å². The largest absolute Gasteiger partial charge is 1.00 e. The lowest BCUT2D eigenvalue weighted by Gasteiger charge is -2.66. The lowest BCUT2D eigenvalue weighted by molar-refractivity contribution is -0.950. The van der Waals surface area contributed by atoms with Crippen LogP contribution >= 0.6 is 0 Å². The number of Topliss-reactive ketones (excluding diaryl/α,β-unsaturated/α-hetero) is 2. The van der Waals surface area contributed by atoms with Crippen LogP contribution in [0.15, 0.2) is 84.9 Å². The van der Waals surface area contributed by atoms with Crippen molar-refractivity contribution in [2.75, 3.05) is 60.6 Å². The lowest BCUT2D eigenvalue weighted by Crippen LogP contribution is -3.00. The second kappa shape index (κ2) is 19.3. The Morgan fingerprint density at radius 3 is 1.52 bits per heavy atom. The Hall–Kier alpha value is -3.28. The van der Waals surface area contributed by atoms with Gasteiger partial charge in [0, 0.05) is 74.7 Å². The van der Waals surface area contributed by atoms with Crippen LogP contribution in [0.5, 0.6) is 23.0 Å². The van der Waals surface area contributed by atoms with Crippen LogP contribution in [-0.4, -0.2) is 122 Å². The summed E-state index contributed by atoms with van der Waals surface area (Å²) in [6.45, 7) is 5.95. The number of benzene rings is 4. The van der Waals surface area contributed by atoms with Crippen molar-refractivity contribution < 1.29 is 95.3 Å². The SMILES string of the molecule is COc1ccc2c3c1OC1C(=O)CCC4(OCCCc5ccccc5)C(C2)[N@@+](C)(CC2CC2)CC[C@]314.C[N@+]1(CC2CC2)CC[C@]23c4c5ccc(O)c4OC2C(=O)CCC3(OCCCc2ccccc2)C1C5.[I-].[I-]. The van der Waals surface area contributed by atoms with Crippen molar-refractivity contribution in [1.82, 2.24) is 0 Å². The summed E-state index contributed by atoms with van der Waals surface area (Å²) >= 11 is 0. The number of likely N-dealkylation sites (N-methyl/N-ethyl adjacent to an activating group) is 2. The van der Waals surface area contributed by atoms with Gasteiger partial charge in [0.25, 0.3) is 0 Å². The molecule has 73 heavy (non-hydrogen) atoms. The van der Waals surface area contributed by atoms with E-state index < -0.39 is 28.6 Å². The first kappa shape index (κ1) is 51.8. The molecule has 4 saturated carbocycles. The summed E-state index contributed by atoms with van der Waals surface area (Å²) in [7, 11) is 6.62. The monoisotopic (exact) mass is 1220 g/mol. The molecule has 2 saturated heterocycles. The van der Waals surface area contributed by atoms with Gasteiger partial charge in [-0.3, -0.25) is 9.59 Å². The highest BCUT2D eigenvalue weighted by Gasteiger charge is 2.79. The summed E-state index contributed by atoms with van der Waals surface area (Å²) in [4.78, 5) is 26.9. The summed E-state index contributed by atoms with van der Waals surface area (Å²) in [6, 6.07) is 30.1. The molecule has 6 fully saturated rings. The van der Waals surface area contributed by atoms with E-state index in [0.29, 0.717) is 43.9 Å². The molecule has 10 aliphatic rings. The molecule has 4 aromatic carbocycles. The summed E-state index contributed by atoms with van der Waals surface area (Å²) in [6.07, 6.45) is 14.7. The van der Waals surface area contributed by atoms with Gasteiger partial charge >= 0.3 is 0 Å². The second-order valence-corrected chi connectivity index (χ2v) is 24.2. The Morgan fingerprint density at radius 1 is 0.603 bits per heavy atom. The van der Waals surface area contributed by atoms with Crippen LogP contribution in [0.4, 0.5) is 0 Å². The Morgan fingerprint density at radius 2 is 1.05 bits per heavy atom. The molecule has 4 bridgehead atoms. The van der Waals surface area contributed by atoms with Gasteiger partial charge in [-0.25, -0.2) is 0 Å². The molecule has 0 radical (unpaired) electrons. The van der Waals surface area contributed by atoms with E-state index in [0.717, 1.165) is 115 Å². The maximum atomic E-state index is 13.5. The van der Waals surface area contributed by atoms with Crippen molar-refractivity contribution in [3.8, 4) is 23.0 Å². The second-order valence-electron chi connectivity index (χ2n) is 24.2. The van der Waals surface area contributed by atoms with Gasteiger partial charge in [0.05, 0.1) is 58.2 Å². The molecule has 4 aromatic rings. The van der Waals surface area contributed by atoms with Crippen LogP contribution in [0.3, 0.4) is 0 Å². The van der Waals surface area contributed by atoms with Crippen molar-refractivity contribution >= 4 is 11.6 Å². The predicted octanol–water partition coefficient (Wildman–Crippen LogP) is 2.97. The molecule has 14 rings (SSSR count). The molecule has 1 N–H and O–H groups in total. The highest BCUT2D eigenvalue weighted by molar-refractivity contribution is 5.91. The molecule has 6 aliphatic carbocycles. The molecule has 0 amide bonds. The van der Waals surface area contributed by atoms with Crippen molar-refractivity contribution in [2.24, 2.45) is 11.8 Å². The summed E-state index contributed by atoms with van der Waals surface area (Å²) in [5.41, 5.74) is 5.91. The highest BCUT2D eigenvalue weighted by Crippen LogP contribution is 2.69. The zero-order chi connectivity index (χ0) is 48.4. The minimum absolute atomic E-state index is 0. The molecule has 12 heteroatoms. The number of halogens is 2. The fourth-order valence-electron chi connectivity index (χ4n) is 16.9. The topological polar surface area (TPSA) is 101 Å². The summed E-state index contributed by atoms with van der Waals surface area (Å²) in [5, 5.41) is 10.8. The average Bonchev–Trinajstić information content (AvgIpc) is 4.32. The molecular formula is C61H74I2N2O8. The number of likely N-dealkylation sites (tertiary alicyclic amines) is 2. The molecule has 390 valence electrons. The maximum absolute atomic E-state index is 13.5. The van der Waals surface area contributed by atoms with Crippen LogP contribution in [0.25, 0.3) is 0 Å². The number of hydrogen-bond acceptors (Lipinski definition) is 8. The minimum Gasteiger partial charge on any atom is -1.00 e. The molecule has 0 aromatic heterocycles. The van der Waals surface area contributed by atoms with E-state index in [9.17, 15) is 14.7 Å². The predicted molar refractivity (Wildman–Crippen MR) is 270 cm³/mol. The van der Waals surface area contributed by atoms with Crippen molar-refractivity contribution in [1.29, 1.82) is 0 Å². The fraction of sp³-hybridized carbons (Fsp3) is 0.574. The van der Waals surface area contributed by atoms with E-state index in [4.69, 9.17) is 23.7 Å². The number of carbonyl (C=O) groups excluding carboxylic acids is 2. The highest BCUT2D eigenvalue weighted by atomic mass is 127. The number of aromatic hydroxyl groups is 1. The fourth-order valence-corrected chi connectivity index (χ4v) is 16.9. The van der Waals surface area contributed by atoms with Gasteiger partial charge in [0.1, 0.15) is 23.3 Å². The number of quaternary nitrogens is 2. The third kappa shape index (κ3) is 7.90. The molecular weight excluding hydrogens is 1140 g/mol. The Kier molecular flexibility index (Phi) is 13.7. The molecule has 10 atom stereocenters. The number of phenols is 1. The van der Waals surface area contributed by atoms with Crippen molar-refractivity contribution in [2.45, 2.75) is 149 Å². The Bertz CT molecular complexity index is 2750. The minimum atomic E-state index is -0.537. The van der Waals surface area contributed by atoms with E-state index in [2.05, 4.69) is 86.9 Å².